The van der Waals surface area contributed by atoms with Crippen molar-refractivity contribution in [1.29, 1.82) is 0 Å². The third kappa shape index (κ3) is 5.25. The van der Waals surface area contributed by atoms with E-state index in [1.165, 1.54) is 6.92 Å². The molecule has 0 spiro atoms. The van der Waals surface area contributed by atoms with Crippen LogP contribution in [0.15, 0.2) is 17.5 Å². The molecule has 1 rings (SSSR count). The Morgan fingerprint density at radius 1 is 1.56 bits per heavy atom. The lowest BCUT2D eigenvalue weighted by Gasteiger charge is -2.10. The number of aliphatic hydroxyl groups is 1. The molecule has 0 aromatic carbocycles. The monoisotopic (exact) mass is 242 g/mol. The summed E-state index contributed by atoms with van der Waals surface area (Å²) < 4.78 is 0. The van der Waals surface area contributed by atoms with Crippen molar-refractivity contribution in [3.05, 3.63) is 22.4 Å². The summed E-state index contributed by atoms with van der Waals surface area (Å²) >= 11 is 1.56. The fourth-order valence-corrected chi connectivity index (χ4v) is 2.01. The zero-order chi connectivity index (χ0) is 11.8. The van der Waals surface area contributed by atoms with Gasteiger partial charge in [-0.3, -0.25) is 4.79 Å². The van der Waals surface area contributed by atoms with Crippen LogP contribution in [0.3, 0.4) is 0 Å². The van der Waals surface area contributed by atoms with Crippen molar-refractivity contribution in [2.75, 3.05) is 19.6 Å². The molecule has 1 atom stereocenters. The maximum absolute atomic E-state index is 10.6. The number of nitrogens with one attached hydrogen (secondary N) is 2. The molecular formula is C11H18N2O2S. The second-order valence-electron chi connectivity index (χ2n) is 3.57. The third-order valence-electron chi connectivity index (χ3n) is 2.11. The van der Waals surface area contributed by atoms with Gasteiger partial charge in [0.15, 0.2) is 0 Å². The van der Waals surface area contributed by atoms with Gasteiger partial charge in [0.05, 0.1) is 0 Å². The van der Waals surface area contributed by atoms with E-state index in [0.717, 1.165) is 17.8 Å². The normalized spacial score (nSPS) is 12.4. The van der Waals surface area contributed by atoms with E-state index in [1.54, 1.807) is 11.3 Å². The lowest BCUT2D eigenvalue weighted by molar-refractivity contribution is -0.118. The molecule has 0 radical (unpaired) electrons. The maximum Gasteiger partial charge on any atom is 0.216 e. The molecule has 5 heteroatoms. The average Bonchev–Trinajstić information content (AvgIpc) is 2.75. The average molecular weight is 242 g/mol. The van der Waals surface area contributed by atoms with Crippen LogP contribution < -0.4 is 10.6 Å². The number of carbonyl (C=O) groups excluding carboxylic acids is 1. The highest BCUT2D eigenvalue weighted by atomic mass is 32.1. The highest BCUT2D eigenvalue weighted by Gasteiger charge is 2.06. The van der Waals surface area contributed by atoms with Crippen LogP contribution in [0.4, 0.5) is 0 Å². The predicted molar refractivity (Wildman–Crippen MR) is 65.4 cm³/mol. The Balaban J connectivity index is 2.01. The van der Waals surface area contributed by atoms with Gasteiger partial charge in [0.25, 0.3) is 0 Å². The van der Waals surface area contributed by atoms with Crippen LogP contribution in [-0.2, 0) is 4.79 Å². The SMILES string of the molecule is CC(=O)NCCCNCC(O)c1cccs1. The van der Waals surface area contributed by atoms with Gasteiger partial charge >= 0.3 is 0 Å². The Bertz CT molecular complexity index is 301. The Kier molecular flexibility index (Phi) is 6.07. The molecule has 3 N–H and O–H groups in total. The van der Waals surface area contributed by atoms with Crippen molar-refractivity contribution in [3.8, 4) is 0 Å². The van der Waals surface area contributed by atoms with E-state index in [-0.39, 0.29) is 5.91 Å². The Morgan fingerprint density at radius 2 is 2.38 bits per heavy atom. The quantitative estimate of drug-likeness (QED) is 0.623. The number of aliphatic hydroxyl groups excluding tert-OH is 1. The first-order chi connectivity index (χ1) is 7.70. The molecule has 90 valence electrons. The van der Waals surface area contributed by atoms with Gasteiger partial charge in [-0.2, -0.15) is 0 Å². The zero-order valence-electron chi connectivity index (χ0n) is 9.40. The lowest BCUT2D eigenvalue weighted by atomic mass is 10.3. The van der Waals surface area contributed by atoms with Crippen molar-refractivity contribution < 1.29 is 9.90 Å². The molecule has 16 heavy (non-hydrogen) atoms. The second kappa shape index (κ2) is 7.38. The van der Waals surface area contributed by atoms with Gasteiger partial charge in [-0.1, -0.05) is 6.07 Å². The minimum atomic E-state index is -0.430. The van der Waals surface area contributed by atoms with E-state index >= 15 is 0 Å². The molecule has 0 aliphatic carbocycles. The number of carbonyl (C=O) groups is 1. The molecular weight excluding hydrogens is 224 g/mol. The van der Waals surface area contributed by atoms with Crippen LogP contribution in [-0.4, -0.2) is 30.6 Å². The number of rotatable bonds is 7. The van der Waals surface area contributed by atoms with Crippen molar-refractivity contribution in [2.24, 2.45) is 0 Å². The molecule has 4 nitrogen and oxygen atoms in total. The number of amides is 1. The van der Waals surface area contributed by atoms with Gasteiger partial charge in [0.2, 0.25) is 5.91 Å². The fourth-order valence-electron chi connectivity index (χ4n) is 1.30. The molecule has 0 bridgehead atoms. The van der Waals surface area contributed by atoms with E-state index in [0.29, 0.717) is 13.1 Å². The smallest absolute Gasteiger partial charge is 0.216 e. The minimum Gasteiger partial charge on any atom is -0.386 e. The Labute approximate surface area is 99.7 Å². The zero-order valence-corrected chi connectivity index (χ0v) is 10.2. The third-order valence-corrected chi connectivity index (χ3v) is 3.09. The van der Waals surface area contributed by atoms with Crippen molar-refractivity contribution in [3.63, 3.8) is 0 Å². The van der Waals surface area contributed by atoms with Crippen LogP contribution in [0.5, 0.6) is 0 Å². The summed E-state index contributed by atoms with van der Waals surface area (Å²) in [5, 5.41) is 17.6. The van der Waals surface area contributed by atoms with Crippen LogP contribution >= 0.6 is 11.3 Å². The maximum atomic E-state index is 10.6. The first-order valence-corrected chi connectivity index (χ1v) is 6.24. The number of hydrogen-bond acceptors (Lipinski definition) is 4. The van der Waals surface area contributed by atoms with Gasteiger partial charge in [-0.15, -0.1) is 11.3 Å². The summed E-state index contributed by atoms with van der Waals surface area (Å²) in [6.07, 6.45) is 0.442. The van der Waals surface area contributed by atoms with Gasteiger partial charge in [0.1, 0.15) is 6.10 Å². The Morgan fingerprint density at radius 3 is 3.00 bits per heavy atom. The highest BCUT2D eigenvalue weighted by molar-refractivity contribution is 7.10. The summed E-state index contributed by atoms with van der Waals surface area (Å²) in [4.78, 5) is 11.6. The molecule has 0 aliphatic rings. The molecule has 0 fully saturated rings. The first-order valence-electron chi connectivity index (χ1n) is 5.37. The Hall–Kier alpha value is -0.910. The summed E-state index contributed by atoms with van der Waals surface area (Å²) in [7, 11) is 0. The second-order valence-corrected chi connectivity index (χ2v) is 4.55. The number of thiophene rings is 1. The van der Waals surface area contributed by atoms with Crippen LogP contribution in [0.2, 0.25) is 0 Å². The van der Waals surface area contributed by atoms with E-state index in [4.69, 9.17) is 0 Å². The van der Waals surface area contributed by atoms with Gasteiger partial charge < -0.3 is 15.7 Å². The molecule has 1 heterocycles. The summed E-state index contributed by atoms with van der Waals surface area (Å²) in [5.41, 5.74) is 0. The summed E-state index contributed by atoms with van der Waals surface area (Å²) in [6, 6.07) is 3.86. The largest absolute Gasteiger partial charge is 0.386 e. The van der Waals surface area contributed by atoms with E-state index in [1.807, 2.05) is 17.5 Å². The number of hydrogen-bond donors (Lipinski definition) is 3. The van der Waals surface area contributed by atoms with E-state index in [2.05, 4.69) is 10.6 Å². The molecule has 1 aromatic heterocycles. The standard InChI is InChI=1S/C11H18N2O2S/c1-9(14)13-6-3-5-12-8-10(15)11-4-2-7-16-11/h2,4,7,10,12,15H,3,5-6,8H2,1H3,(H,13,14). The van der Waals surface area contributed by atoms with Crippen LogP contribution in [0.1, 0.15) is 24.3 Å². The molecule has 1 amide bonds. The van der Waals surface area contributed by atoms with E-state index in [9.17, 15) is 9.90 Å². The topological polar surface area (TPSA) is 61.4 Å². The van der Waals surface area contributed by atoms with Crippen molar-refractivity contribution in [2.45, 2.75) is 19.4 Å². The fraction of sp³-hybridized carbons (Fsp3) is 0.545. The van der Waals surface area contributed by atoms with Crippen molar-refractivity contribution >= 4 is 17.2 Å². The molecule has 0 aliphatic heterocycles. The molecule has 0 saturated heterocycles. The molecule has 1 unspecified atom stereocenters. The summed E-state index contributed by atoms with van der Waals surface area (Å²) in [6.45, 7) is 3.54. The van der Waals surface area contributed by atoms with Crippen LogP contribution in [0, 0.1) is 0 Å². The highest BCUT2D eigenvalue weighted by Crippen LogP contribution is 2.17. The lowest BCUT2D eigenvalue weighted by Crippen LogP contribution is -2.27. The van der Waals surface area contributed by atoms with Gasteiger partial charge in [-0.25, -0.2) is 0 Å². The first kappa shape index (κ1) is 13.2. The van der Waals surface area contributed by atoms with Gasteiger partial charge in [-0.05, 0) is 24.4 Å². The molecule has 0 saturated carbocycles. The van der Waals surface area contributed by atoms with Gasteiger partial charge in [0, 0.05) is 24.9 Å². The summed E-state index contributed by atoms with van der Waals surface area (Å²) in [5.74, 6) is -0.00128. The van der Waals surface area contributed by atoms with Crippen molar-refractivity contribution in [1.82, 2.24) is 10.6 Å². The molecule has 1 aromatic rings. The van der Waals surface area contributed by atoms with Crippen LogP contribution in [0.25, 0.3) is 0 Å². The van der Waals surface area contributed by atoms with E-state index < -0.39 is 6.10 Å². The minimum absolute atomic E-state index is 0.00128. The predicted octanol–water partition coefficient (Wildman–Crippen LogP) is 0.897.